The summed E-state index contributed by atoms with van der Waals surface area (Å²) >= 11 is 1.69. The molecule has 3 aromatic rings. The van der Waals surface area contributed by atoms with Gasteiger partial charge in [0.15, 0.2) is 0 Å². The van der Waals surface area contributed by atoms with Gasteiger partial charge in [0, 0.05) is 0 Å². The Hall–Kier alpha value is -2.13. The van der Waals surface area contributed by atoms with Crippen LogP contribution in [0.15, 0.2) is 55.1 Å². The second-order valence-corrected chi connectivity index (χ2v) is 5.50. The molecule has 0 amide bonds. The van der Waals surface area contributed by atoms with Gasteiger partial charge in [0.05, 0.1) is 22.9 Å². The molecule has 2 nitrogen and oxygen atoms in total. The third-order valence-electron chi connectivity index (χ3n) is 3.20. The van der Waals surface area contributed by atoms with E-state index >= 15 is 0 Å². The Kier molecular flexibility index (Phi) is 3.52. The Bertz CT molecular complexity index is 728. The summed E-state index contributed by atoms with van der Waals surface area (Å²) < 4.78 is 6.71. The Balaban J connectivity index is 2.23. The third kappa shape index (κ3) is 2.21. The van der Waals surface area contributed by atoms with Gasteiger partial charge >= 0.3 is 0 Å². The smallest absolute Gasteiger partial charge is 0.129 e. The number of ether oxygens (including phenoxy) is 1. The van der Waals surface area contributed by atoms with E-state index in [4.69, 9.17) is 9.72 Å². The molecule has 0 unspecified atom stereocenters. The minimum Gasteiger partial charge on any atom is -0.496 e. The third-order valence-corrected chi connectivity index (χ3v) is 4.26. The number of fused-ring (bicyclic) bond motifs is 1. The number of hydrogen-bond donors (Lipinski definition) is 0. The molecule has 1 heterocycles. The van der Waals surface area contributed by atoms with E-state index in [0.29, 0.717) is 0 Å². The summed E-state index contributed by atoms with van der Waals surface area (Å²) in [5, 5.41) is 1.00. The number of hydrogen-bond acceptors (Lipinski definition) is 3. The molecule has 0 aliphatic rings. The van der Waals surface area contributed by atoms with Crippen molar-refractivity contribution in [1.29, 1.82) is 0 Å². The zero-order valence-electron chi connectivity index (χ0n) is 11.3. The molecule has 2 aromatic carbocycles. The van der Waals surface area contributed by atoms with Gasteiger partial charge in [-0.05, 0) is 30.2 Å². The van der Waals surface area contributed by atoms with E-state index in [-0.39, 0.29) is 0 Å². The lowest BCUT2D eigenvalue weighted by Gasteiger charge is -2.10. The van der Waals surface area contributed by atoms with Crippen LogP contribution in [0.25, 0.3) is 20.8 Å². The van der Waals surface area contributed by atoms with Crippen LogP contribution in [-0.2, 0) is 6.42 Å². The van der Waals surface area contributed by atoms with Crippen molar-refractivity contribution in [1.82, 2.24) is 4.98 Å². The van der Waals surface area contributed by atoms with E-state index < -0.39 is 0 Å². The average Bonchev–Trinajstić information content (AvgIpc) is 2.90. The SMILES string of the molecule is C=CCc1cccc(OC)c1-c1nc2ccccc2s1. The number of benzene rings is 2. The molecule has 3 rings (SSSR count). The summed E-state index contributed by atoms with van der Waals surface area (Å²) in [4.78, 5) is 4.74. The minimum absolute atomic E-state index is 0.808. The van der Waals surface area contributed by atoms with Crippen LogP contribution in [0.3, 0.4) is 0 Å². The number of methoxy groups -OCH3 is 1. The van der Waals surface area contributed by atoms with Crippen LogP contribution in [0.5, 0.6) is 5.75 Å². The van der Waals surface area contributed by atoms with Gasteiger partial charge in [-0.1, -0.05) is 30.3 Å². The van der Waals surface area contributed by atoms with Gasteiger partial charge in [-0.2, -0.15) is 0 Å². The zero-order valence-corrected chi connectivity index (χ0v) is 12.1. The second-order valence-electron chi connectivity index (χ2n) is 4.47. The van der Waals surface area contributed by atoms with Crippen LogP contribution in [0.1, 0.15) is 5.56 Å². The predicted octanol–water partition coefficient (Wildman–Crippen LogP) is 4.70. The molecule has 100 valence electrons. The first kappa shape index (κ1) is 12.9. The monoisotopic (exact) mass is 281 g/mol. The van der Waals surface area contributed by atoms with Crippen molar-refractivity contribution in [2.45, 2.75) is 6.42 Å². The van der Waals surface area contributed by atoms with Gasteiger partial charge in [0.25, 0.3) is 0 Å². The van der Waals surface area contributed by atoms with Crippen LogP contribution in [0.4, 0.5) is 0 Å². The number of aromatic nitrogens is 1. The highest BCUT2D eigenvalue weighted by Gasteiger charge is 2.14. The van der Waals surface area contributed by atoms with E-state index in [2.05, 4.69) is 18.7 Å². The fourth-order valence-corrected chi connectivity index (χ4v) is 3.35. The highest BCUT2D eigenvalue weighted by molar-refractivity contribution is 7.21. The number of allylic oxidation sites excluding steroid dienone is 1. The van der Waals surface area contributed by atoms with Gasteiger partial charge in [0.2, 0.25) is 0 Å². The van der Waals surface area contributed by atoms with E-state index in [1.165, 1.54) is 10.3 Å². The highest BCUT2D eigenvalue weighted by atomic mass is 32.1. The second kappa shape index (κ2) is 5.47. The zero-order chi connectivity index (χ0) is 13.9. The van der Waals surface area contributed by atoms with Crippen LogP contribution in [0, 0.1) is 0 Å². The Morgan fingerprint density at radius 1 is 1.20 bits per heavy atom. The summed E-state index contributed by atoms with van der Waals surface area (Å²) in [7, 11) is 1.70. The summed E-state index contributed by atoms with van der Waals surface area (Å²) in [6.45, 7) is 3.83. The lowest BCUT2D eigenvalue weighted by atomic mass is 10.0. The fraction of sp³-hybridized carbons (Fsp3) is 0.118. The van der Waals surface area contributed by atoms with Gasteiger partial charge in [-0.15, -0.1) is 17.9 Å². The standard InChI is InChI=1S/C17H15NOS/c1-3-7-12-8-6-10-14(19-2)16(12)17-18-13-9-4-5-11-15(13)20-17/h3-6,8-11H,1,7H2,2H3. The molecule has 1 aromatic heterocycles. The van der Waals surface area contributed by atoms with Crippen LogP contribution in [-0.4, -0.2) is 12.1 Å². The largest absolute Gasteiger partial charge is 0.496 e. The van der Waals surface area contributed by atoms with Crippen molar-refractivity contribution in [2.24, 2.45) is 0 Å². The molecular weight excluding hydrogens is 266 g/mol. The topological polar surface area (TPSA) is 22.1 Å². The number of para-hydroxylation sites is 1. The van der Waals surface area contributed by atoms with Crippen molar-refractivity contribution in [3.63, 3.8) is 0 Å². The maximum absolute atomic E-state index is 5.52. The van der Waals surface area contributed by atoms with Crippen LogP contribution >= 0.6 is 11.3 Å². The normalized spacial score (nSPS) is 10.7. The quantitative estimate of drug-likeness (QED) is 0.647. The van der Waals surface area contributed by atoms with Crippen molar-refractivity contribution >= 4 is 21.6 Å². The van der Waals surface area contributed by atoms with Crippen LogP contribution < -0.4 is 4.74 Å². The molecule has 0 bridgehead atoms. The van der Waals surface area contributed by atoms with E-state index in [0.717, 1.165) is 28.3 Å². The summed E-state index contributed by atoms with van der Waals surface area (Å²) in [5.41, 5.74) is 3.30. The molecule has 0 N–H and O–H groups in total. The molecule has 0 aliphatic heterocycles. The predicted molar refractivity (Wildman–Crippen MR) is 85.5 cm³/mol. The Morgan fingerprint density at radius 3 is 2.80 bits per heavy atom. The lowest BCUT2D eigenvalue weighted by molar-refractivity contribution is 0.416. The van der Waals surface area contributed by atoms with E-state index in [1.807, 2.05) is 36.4 Å². The molecule has 20 heavy (non-hydrogen) atoms. The van der Waals surface area contributed by atoms with Gasteiger partial charge in [0.1, 0.15) is 10.8 Å². The van der Waals surface area contributed by atoms with Crippen molar-refractivity contribution in [3.8, 4) is 16.3 Å². The molecular formula is C17H15NOS. The number of nitrogens with zero attached hydrogens (tertiary/aromatic N) is 1. The molecule has 0 fully saturated rings. The lowest BCUT2D eigenvalue weighted by Crippen LogP contribution is -1.93. The average molecular weight is 281 g/mol. The van der Waals surface area contributed by atoms with Crippen LogP contribution in [0.2, 0.25) is 0 Å². The fourth-order valence-electron chi connectivity index (χ4n) is 2.29. The van der Waals surface area contributed by atoms with E-state index in [9.17, 15) is 0 Å². The van der Waals surface area contributed by atoms with Crippen molar-refractivity contribution < 1.29 is 4.74 Å². The molecule has 0 aliphatic carbocycles. The first-order chi connectivity index (χ1) is 9.83. The molecule has 0 spiro atoms. The van der Waals surface area contributed by atoms with Crippen molar-refractivity contribution in [2.75, 3.05) is 7.11 Å². The minimum atomic E-state index is 0.808. The first-order valence-electron chi connectivity index (χ1n) is 6.46. The highest BCUT2D eigenvalue weighted by Crippen LogP contribution is 2.38. The summed E-state index contributed by atoms with van der Waals surface area (Å²) in [6.07, 6.45) is 2.72. The maximum Gasteiger partial charge on any atom is 0.129 e. The molecule has 0 saturated heterocycles. The molecule has 0 saturated carbocycles. The summed E-state index contributed by atoms with van der Waals surface area (Å²) in [6, 6.07) is 14.3. The molecule has 0 radical (unpaired) electrons. The van der Waals surface area contributed by atoms with Gasteiger partial charge < -0.3 is 4.74 Å². The number of rotatable bonds is 4. The molecule has 3 heteroatoms. The molecule has 0 atom stereocenters. The summed E-state index contributed by atoms with van der Waals surface area (Å²) in [5.74, 6) is 0.864. The van der Waals surface area contributed by atoms with Gasteiger partial charge in [-0.3, -0.25) is 0 Å². The Labute approximate surface area is 122 Å². The maximum atomic E-state index is 5.52. The van der Waals surface area contributed by atoms with E-state index in [1.54, 1.807) is 18.4 Å². The Morgan fingerprint density at radius 2 is 2.05 bits per heavy atom. The van der Waals surface area contributed by atoms with Gasteiger partial charge in [-0.25, -0.2) is 4.98 Å². The first-order valence-corrected chi connectivity index (χ1v) is 7.28. The number of thiazole rings is 1. The van der Waals surface area contributed by atoms with Crippen molar-refractivity contribution in [3.05, 3.63) is 60.7 Å².